The Bertz CT molecular complexity index is 406. The Kier molecular flexibility index (Phi) is 5.36. The second-order valence-electron chi connectivity index (χ2n) is 4.23. The minimum absolute atomic E-state index is 0.0132. The predicted molar refractivity (Wildman–Crippen MR) is 67.7 cm³/mol. The van der Waals surface area contributed by atoms with Crippen molar-refractivity contribution in [1.82, 2.24) is 0 Å². The molecule has 4 nitrogen and oxygen atoms in total. The van der Waals surface area contributed by atoms with Gasteiger partial charge in [0.25, 0.3) is 0 Å². The summed E-state index contributed by atoms with van der Waals surface area (Å²) in [6, 6.07) is 6.96. The number of ether oxygens (including phenoxy) is 2. The third kappa shape index (κ3) is 4.57. The van der Waals surface area contributed by atoms with Crippen molar-refractivity contribution < 1.29 is 19.1 Å². The molecule has 0 amide bonds. The monoisotopic (exact) mass is 250 g/mol. The van der Waals surface area contributed by atoms with E-state index in [1.54, 1.807) is 24.3 Å². The molecular weight excluding hydrogens is 232 g/mol. The summed E-state index contributed by atoms with van der Waals surface area (Å²) in [5, 5.41) is 0. The van der Waals surface area contributed by atoms with E-state index in [-0.39, 0.29) is 24.3 Å². The van der Waals surface area contributed by atoms with Gasteiger partial charge in [-0.15, -0.1) is 0 Å². The number of rotatable bonds is 6. The summed E-state index contributed by atoms with van der Waals surface area (Å²) in [6.45, 7) is 5.61. The van der Waals surface area contributed by atoms with Gasteiger partial charge in [-0.3, -0.25) is 9.59 Å². The molecule has 0 unspecified atom stereocenters. The molecule has 98 valence electrons. The zero-order chi connectivity index (χ0) is 13.5. The highest BCUT2D eigenvalue weighted by atomic mass is 16.6. The lowest BCUT2D eigenvalue weighted by molar-refractivity contribution is -0.141. The Hall–Kier alpha value is -1.84. The van der Waals surface area contributed by atoms with Gasteiger partial charge in [0.1, 0.15) is 19.0 Å². The minimum Gasteiger partial charge on any atom is -0.490 e. The van der Waals surface area contributed by atoms with Crippen molar-refractivity contribution >= 4 is 11.8 Å². The molecule has 0 aromatic heterocycles. The molecule has 0 N–H and O–H groups in total. The lowest BCUT2D eigenvalue weighted by Crippen LogP contribution is -2.10. The van der Waals surface area contributed by atoms with Gasteiger partial charge in [-0.1, -0.05) is 13.8 Å². The zero-order valence-corrected chi connectivity index (χ0v) is 10.9. The van der Waals surface area contributed by atoms with E-state index in [9.17, 15) is 9.59 Å². The van der Waals surface area contributed by atoms with Gasteiger partial charge in [-0.25, -0.2) is 0 Å². The van der Waals surface area contributed by atoms with Crippen LogP contribution in [0.4, 0.5) is 0 Å². The van der Waals surface area contributed by atoms with Gasteiger partial charge in [-0.2, -0.15) is 0 Å². The van der Waals surface area contributed by atoms with Crippen molar-refractivity contribution in [3.05, 3.63) is 29.8 Å². The smallest absolute Gasteiger partial charge is 0.302 e. The van der Waals surface area contributed by atoms with E-state index in [1.807, 2.05) is 13.8 Å². The highest BCUT2D eigenvalue weighted by Gasteiger charge is 2.09. The molecule has 1 aromatic rings. The summed E-state index contributed by atoms with van der Waals surface area (Å²) in [4.78, 5) is 22.2. The van der Waals surface area contributed by atoms with Gasteiger partial charge in [0.2, 0.25) is 0 Å². The van der Waals surface area contributed by atoms with Crippen LogP contribution >= 0.6 is 0 Å². The second-order valence-corrected chi connectivity index (χ2v) is 4.23. The lowest BCUT2D eigenvalue weighted by Gasteiger charge is -2.08. The van der Waals surface area contributed by atoms with Crippen LogP contribution in [0.5, 0.6) is 5.75 Å². The first kappa shape index (κ1) is 14.2. The molecule has 0 spiro atoms. The fourth-order valence-electron chi connectivity index (χ4n) is 1.39. The summed E-state index contributed by atoms with van der Waals surface area (Å²) in [5.41, 5.74) is 0.678. The Morgan fingerprint density at radius 1 is 1.11 bits per heavy atom. The molecule has 18 heavy (non-hydrogen) atoms. The molecule has 0 aliphatic rings. The maximum absolute atomic E-state index is 11.7. The van der Waals surface area contributed by atoms with Crippen molar-refractivity contribution in [1.29, 1.82) is 0 Å². The van der Waals surface area contributed by atoms with Crippen molar-refractivity contribution in [2.45, 2.75) is 20.8 Å². The number of hydrogen-bond acceptors (Lipinski definition) is 4. The van der Waals surface area contributed by atoms with Crippen LogP contribution in [-0.4, -0.2) is 25.0 Å². The summed E-state index contributed by atoms with van der Waals surface area (Å²) < 4.78 is 10.1. The maximum atomic E-state index is 11.7. The van der Waals surface area contributed by atoms with E-state index in [1.165, 1.54) is 6.92 Å². The van der Waals surface area contributed by atoms with Crippen LogP contribution in [0, 0.1) is 5.92 Å². The molecule has 4 heteroatoms. The largest absolute Gasteiger partial charge is 0.490 e. The number of ketones is 1. The van der Waals surface area contributed by atoms with Crippen LogP contribution < -0.4 is 4.74 Å². The fourth-order valence-corrected chi connectivity index (χ4v) is 1.39. The van der Waals surface area contributed by atoms with E-state index in [0.717, 1.165) is 0 Å². The standard InChI is InChI=1S/C14H18O4/c1-10(2)14(16)12-4-6-13(7-5-12)18-9-8-17-11(3)15/h4-7,10H,8-9H2,1-3H3. The average molecular weight is 250 g/mol. The van der Waals surface area contributed by atoms with Gasteiger partial charge in [-0.05, 0) is 24.3 Å². The van der Waals surface area contributed by atoms with E-state index in [0.29, 0.717) is 17.9 Å². The Balaban J connectivity index is 2.45. The number of esters is 1. The van der Waals surface area contributed by atoms with Crippen LogP contribution in [0.25, 0.3) is 0 Å². The topological polar surface area (TPSA) is 52.6 Å². The van der Waals surface area contributed by atoms with Crippen LogP contribution in [0.3, 0.4) is 0 Å². The highest BCUT2D eigenvalue weighted by molar-refractivity contribution is 5.97. The van der Waals surface area contributed by atoms with E-state index >= 15 is 0 Å². The molecule has 0 aliphatic carbocycles. The summed E-state index contributed by atoms with van der Waals surface area (Å²) in [5.74, 6) is 0.432. The quantitative estimate of drug-likeness (QED) is 0.442. The maximum Gasteiger partial charge on any atom is 0.302 e. The second kappa shape index (κ2) is 6.79. The highest BCUT2D eigenvalue weighted by Crippen LogP contribution is 2.14. The molecule has 0 saturated heterocycles. The van der Waals surface area contributed by atoms with E-state index < -0.39 is 0 Å². The Morgan fingerprint density at radius 3 is 2.22 bits per heavy atom. The average Bonchev–Trinajstić information content (AvgIpc) is 2.34. The number of hydrogen-bond donors (Lipinski definition) is 0. The van der Waals surface area contributed by atoms with E-state index in [2.05, 4.69) is 0 Å². The van der Waals surface area contributed by atoms with Gasteiger partial charge < -0.3 is 9.47 Å². The molecule has 0 radical (unpaired) electrons. The first-order valence-electron chi connectivity index (χ1n) is 5.91. The normalized spacial score (nSPS) is 10.2. The lowest BCUT2D eigenvalue weighted by atomic mass is 10.0. The molecule has 0 saturated carbocycles. The van der Waals surface area contributed by atoms with Crippen LogP contribution in [0.1, 0.15) is 31.1 Å². The van der Waals surface area contributed by atoms with Crippen molar-refractivity contribution in [2.75, 3.05) is 13.2 Å². The third-order valence-electron chi connectivity index (χ3n) is 2.32. The third-order valence-corrected chi connectivity index (χ3v) is 2.32. The first-order valence-corrected chi connectivity index (χ1v) is 5.91. The molecule has 0 aliphatic heterocycles. The van der Waals surface area contributed by atoms with Crippen LogP contribution in [-0.2, 0) is 9.53 Å². The van der Waals surface area contributed by atoms with Crippen LogP contribution in [0.2, 0.25) is 0 Å². The van der Waals surface area contributed by atoms with Gasteiger partial charge in [0.15, 0.2) is 5.78 Å². The van der Waals surface area contributed by atoms with E-state index in [4.69, 9.17) is 9.47 Å². The van der Waals surface area contributed by atoms with Gasteiger partial charge >= 0.3 is 5.97 Å². The molecular formula is C14H18O4. The van der Waals surface area contributed by atoms with Crippen molar-refractivity contribution in [2.24, 2.45) is 5.92 Å². The number of benzene rings is 1. The number of carbonyl (C=O) groups is 2. The molecule has 1 rings (SSSR count). The van der Waals surface area contributed by atoms with Crippen molar-refractivity contribution in [3.63, 3.8) is 0 Å². The molecule has 0 atom stereocenters. The molecule has 1 aromatic carbocycles. The Labute approximate surface area is 107 Å². The predicted octanol–water partition coefficient (Wildman–Crippen LogP) is 2.47. The summed E-state index contributed by atoms with van der Waals surface area (Å²) in [6.07, 6.45) is 0. The zero-order valence-electron chi connectivity index (χ0n) is 10.9. The number of carbonyl (C=O) groups excluding carboxylic acids is 2. The van der Waals surface area contributed by atoms with Crippen molar-refractivity contribution in [3.8, 4) is 5.75 Å². The van der Waals surface area contributed by atoms with Gasteiger partial charge in [0.05, 0.1) is 0 Å². The fraction of sp³-hybridized carbons (Fsp3) is 0.429. The summed E-state index contributed by atoms with van der Waals surface area (Å²) in [7, 11) is 0. The molecule has 0 heterocycles. The number of Topliss-reactive ketones (excluding diaryl/α,β-unsaturated/α-hetero) is 1. The first-order chi connectivity index (χ1) is 8.50. The molecule has 0 bridgehead atoms. The Morgan fingerprint density at radius 2 is 1.72 bits per heavy atom. The van der Waals surface area contributed by atoms with Gasteiger partial charge in [0, 0.05) is 18.4 Å². The minimum atomic E-state index is -0.323. The molecule has 0 fully saturated rings. The van der Waals surface area contributed by atoms with Crippen LogP contribution in [0.15, 0.2) is 24.3 Å². The summed E-state index contributed by atoms with van der Waals surface area (Å²) >= 11 is 0. The SMILES string of the molecule is CC(=O)OCCOc1ccc(C(=O)C(C)C)cc1.